The van der Waals surface area contributed by atoms with Crippen LogP contribution in [-0.4, -0.2) is 35.8 Å². The molecule has 2 rings (SSSR count). The molecular weight excluding hydrogens is 268 g/mol. The fourth-order valence-corrected chi connectivity index (χ4v) is 2.25. The van der Waals surface area contributed by atoms with Crippen molar-refractivity contribution in [1.82, 2.24) is 4.90 Å². The summed E-state index contributed by atoms with van der Waals surface area (Å²) in [5, 5.41) is 0. The number of likely N-dealkylation sites (tertiary alicyclic amines) is 1. The summed E-state index contributed by atoms with van der Waals surface area (Å²) in [5.74, 6) is -0.110. The molecule has 1 aliphatic rings. The van der Waals surface area contributed by atoms with Crippen molar-refractivity contribution in [3.8, 4) is 0 Å². The summed E-state index contributed by atoms with van der Waals surface area (Å²) < 4.78 is 0. The number of carbonyl (C=O) groups excluding carboxylic acids is 1. The molecule has 0 atom stereocenters. The van der Waals surface area contributed by atoms with Crippen molar-refractivity contribution in [3.05, 3.63) is 29.8 Å². The summed E-state index contributed by atoms with van der Waals surface area (Å²) in [4.78, 5) is 21.8. The van der Waals surface area contributed by atoms with Crippen LogP contribution in [0.4, 0.5) is 5.69 Å². The molecule has 0 saturated carbocycles. The van der Waals surface area contributed by atoms with Crippen molar-refractivity contribution in [2.75, 3.05) is 13.1 Å². The van der Waals surface area contributed by atoms with E-state index in [4.69, 9.17) is 17.2 Å². The number of aliphatic imine (C=N–C) groups is 2. The van der Waals surface area contributed by atoms with Gasteiger partial charge >= 0.3 is 0 Å². The lowest BCUT2D eigenvalue weighted by molar-refractivity contribution is 0.0724. The van der Waals surface area contributed by atoms with Crippen LogP contribution in [0.15, 0.2) is 34.3 Å². The maximum Gasteiger partial charge on any atom is 0.253 e. The summed E-state index contributed by atoms with van der Waals surface area (Å²) in [7, 11) is 0. The van der Waals surface area contributed by atoms with Crippen molar-refractivity contribution in [2.45, 2.75) is 19.3 Å². The van der Waals surface area contributed by atoms with E-state index in [0.29, 0.717) is 11.3 Å². The van der Waals surface area contributed by atoms with E-state index in [-0.39, 0.29) is 17.8 Å². The van der Waals surface area contributed by atoms with Crippen molar-refractivity contribution in [3.63, 3.8) is 0 Å². The second-order valence-corrected chi connectivity index (χ2v) is 4.91. The molecular formula is C14H20N6O. The minimum absolute atomic E-state index is 0.0230. The van der Waals surface area contributed by atoms with Crippen LogP contribution in [0, 0.1) is 0 Å². The molecule has 112 valence electrons. The topological polar surface area (TPSA) is 123 Å². The smallest absolute Gasteiger partial charge is 0.253 e. The number of carbonyl (C=O) groups is 1. The van der Waals surface area contributed by atoms with E-state index in [1.165, 1.54) is 6.42 Å². The molecule has 0 radical (unpaired) electrons. The Kier molecular flexibility index (Phi) is 4.76. The highest BCUT2D eigenvalue weighted by Gasteiger charge is 2.17. The molecule has 1 heterocycles. The molecule has 0 spiro atoms. The monoisotopic (exact) mass is 288 g/mol. The lowest BCUT2D eigenvalue weighted by atomic mass is 10.1. The quantitative estimate of drug-likeness (QED) is 0.542. The first-order valence-electron chi connectivity index (χ1n) is 6.89. The van der Waals surface area contributed by atoms with Gasteiger partial charge in [-0.15, -0.1) is 0 Å². The van der Waals surface area contributed by atoms with Gasteiger partial charge in [-0.05, 0) is 43.5 Å². The average Bonchev–Trinajstić information content (AvgIpc) is 2.47. The summed E-state index contributed by atoms with van der Waals surface area (Å²) in [6.07, 6.45) is 3.34. The summed E-state index contributed by atoms with van der Waals surface area (Å²) in [6.45, 7) is 1.66. The molecule has 7 nitrogen and oxygen atoms in total. The van der Waals surface area contributed by atoms with Crippen LogP contribution in [0.3, 0.4) is 0 Å². The summed E-state index contributed by atoms with van der Waals surface area (Å²) in [6, 6.07) is 6.90. The Morgan fingerprint density at radius 1 is 1.00 bits per heavy atom. The van der Waals surface area contributed by atoms with Crippen LogP contribution < -0.4 is 17.2 Å². The normalized spacial score (nSPS) is 15.6. The number of rotatable bonds is 2. The molecule has 0 bridgehead atoms. The zero-order chi connectivity index (χ0) is 15.2. The van der Waals surface area contributed by atoms with Gasteiger partial charge in [-0.1, -0.05) is 0 Å². The molecule has 7 heteroatoms. The number of hydrogen-bond acceptors (Lipinski definition) is 2. The number of piperidine rings is 1. The second kappa shape index (κ2) is 6.74. The Morgan fingerprint density at radius 2 is 1.62 bits per heavy atom. The highest BCUT2D eigenvalue weighted by molar-refractivity contribution is 5.95. The van der Waals surface area contributed by atoms with E-state index in [9.17, 15) is 4.79 Å². The van der Waals surface area contributed by atoms with Gasteiger partial charge in [0.25, 0.3) is 5.91 Å². The minimum atomic E-state index is -0.145. The fourth-order valence-electron chi connectivity index (χ4n) is 2.25. The van der Waals surface area contributed by atoms with Gasteiger partial charge in [0.1, 0.15) is 0 Å². The Balaban J connectivity index is 2.08. The zero-order valence-electron chi connectivity index (χ0n) is 11.8. The average molecular weight is 288 g/mol. The van der Waals surface area contributed by atoms with Crippen LogP contribution in [0.2, 0.25) is 0 Å². The van der Waals surface area contributed by atoms with Crippen LogP contribution in [0.1, 0.15) is 29.6 Å². The molecule has 0 unspecified atom stereocenters. The van der Waals surface area contributed by atoms with Crippen molar-refractivity contribution < 1.29 is 4.79 Å². The molecule has 1 aliphatic heterocycles. The van der Waals surface area contributed by atoms with Crippen molar-refractivity contribution in [2.24, 2.45) is 27.2 Å². The summed E-state index contributed by atoms with van der Waals surface area (Å²) in [5.41, 5.74) is 17.2. The molecule has 1 amide bonds. The van der Waals surface area contributed by atoms with E-state index < -0.39 is 0 Å². The third-order valence-corrected chi connectivity index (χ3v) is 3.24. The minimum Gasteiger partial charge on any atom is -0.370 e. The largest absolute Gasteiger partial charge is 0.370 e. The maximum atomic E-state index is 12.3. The Labute approximate surface area is 123 Å². The number of amides is 1. The Bertz CT molecular complexity index is 553. The van der Waals surface area contributed by atoms with Crippen LogP contribution in [0.25, 0.3) is 0 Å². The summed E-state index contributed by atoms with van der Waals surface area (Å²) >= 11 is 0. The first-order chi connectivity index (χ1) is 10.1. The van der Waals surface area contributed by atoms with E-state index in [1.807, 2.05) is 4.90 Å². The lowest BCUT2D eigenvalue weighted by Crippen LogP contribution is -2.35. The third kappa shape index (κ3) is 4.20. The predicted octanol–water partition coefficient (Wildman–Crippen LogP) is 0.532. The first kappa shape index (κ1) is 14.8. The first-order valence-corrected chi connectivity index (χ1v) is 6.89. The van der Waals surface area contributed by atoms with Gasteiger partial charge in [0.05, 0.1) is 5.69 Å². The fraction of sp³-hybridized carbons (Fsp3) is 0.357. The van der Waals surface area contributed by atoms with Crippen LogP contribution in [-0.2, 0) is 0 Å². The second-order valence-electron chi connectivity index (χ2n) is 4.91. The van der Waals surface area contributed by atoms with Gasteiger partial charge in [0.2, 0.25) is 5.96 Å². The van der Waals surface area contributed by atoms with Crippen molar-refractivity contribution >= 4 is 23.5 Å². The molecule has 0 aliphatic carbocycles. The van der Waals surface area contributed by atoms with E-state index in [0.717, 1.165) is 25.9 Å². The van der Waals surface area contributed by atoms with Crippen LogP contribution in [0.5, 0.6) is 0 Å². The van der Waals surface area contributed by atoms with Gasteiger partial charge in [0.15, 0.2) is 5.96 Å². The lowest BCUT2D eigenvalue weighted by Gasteiger charge is -2.26. The van der Waals surface area contributed by atoms with Gasteiger partial charge in [-0.25, -0.2) is 4.99 Å². The standard InChI is InChI=1S/C14H20N6O/c15-13(16)19-14(17)18-11-6-4-10(5-7-11)12(21)20-8-2-1-3-9-20/h4-7H,1-3,8-9H2,(H6,15,16,17,18,19). The molecule has 0 aromatic heterocycles. The molecule has 6 N–H and O–H groups in total. The number of benzene rings is 1. The number of nitrogens with zero attached hydrogens (tertiary/aromatic N) is 3. The van der Waals surface area contributed by atoms with E-state index in [1.54, 1.807) is 24.3 Å². The van der Waals surface area contributed by atoms with Crippen LogP contribution >= 0.6 is 0 Å². The van der Waals surface area contributed by atoms with E-state index in [2.05, 4.69) is 9.98 Å². The Morgan fingerprint density at radius 3 is 2.19 bits per heavy atom. The number of nitrogens with two attached hydrogens (primary N) is 3. The zero-order valence-corrected chi connectivity index (χ0v) is 11.8. The van der Waals surface area contributed by atoms with Gasteiger partial charge in [-0.3, -0.25) is 4.79 Å². The molecule has 21 heavy (non-hydrogen) atoms. The van der Waals surface area contributed by atoms with Gasteiger partial charge in [0, 0.05) is 18.7 Å². The predicted molar refractivity (Wildman–Crippen MR) is 83.3 cm³/mol. The van der Waals surface area contributed by atoms with Crippen molar-refractivity contribution in [1.29, 1.82) is 0 Å². The molecule has 1 saturated heterocycles. The molecule has 1 aromatic carbocycles. The Hall–Kier alpha value is -2.57. The highest BCUT2D eigenvalue weighted by Crippen LogP contribution is 2.17. The van der Waals surface area contributed by atoms with E-state index >= 15 is 0 Å². The molecule has 1 fully saturated rings. The SMILES string of the molecule is NC(N)=NC(N)=Nc1ccc(C(=O)N2CCCCC2)cc1. The van der Waals surface area contributed by atoms with Gasteiger partial charge < -0.3 is 22.1 Å². The third-order valence-electron chi connectivity index (χ3n) is 3.24. The number of guanidine groups is 2. The number of hydrogen-bond donors (Lipinski definition) is 3. The van der Waals surface area contributed by atoms with Gasteiger partial charge in [-0.2, -0.15) is 4.99 Å². The highest BCUT2D eigenvalue weighted by atomic mass is 16.2. The molecule has 1 aromatic rings. The maximum absolute atomic E-state index is 12.3.